The summed E-state index contributed by atoms with van der Waals surface area (Å²) >= 11 is 14.1. The molecule has 6 heteroatoms. The third kappa shape index (κ3) is 3.44. The average molecular weight is 400 g/mol. The van der Waals surface area contributed by atoms with Crippen LogP contribution in [0.5, 0.6) is 0 Å². The fourth-order valence-corrected chi connectivity index (χ4v) is 3.51. The minimum Gasteiger partial charge on any atom is -0.380 e. The lowest BCUT2D eigenvalue weighted by Gasteiger charge is -2.05. The highest BCUT2D eigenvalue weighted by atomic mass is 79.9. The second kappa shape index (κ2) is 5.69. The quantitative estimate of drug-likeness (QED) is 0.700. The minimum atomic E-state index is -0.412. The van der Waals surface area contributed by atoms with E-state index in [1.807, 2.05) is 6.07 Å². The fraction of sp³-hybridized carbons (Fsp3) is 0.0909. The van der Waals surface area contributed by atoms with Gasteiger partial charge >= 0.3 is 0 Å². The SMILES string of the molecule is Fc1cc(NCc2cc(Br)c(Br)s2)ccc1Cl. The van der Waals surface area contributed by atoms with Crippen LogP contribution < -0.4 is 5.32 Å². The van der Waals surface area contributed by atoms with Gasteiger partial charge in [0.05, 0.1) is 8.81 Å². The van der Waals surface area contributed by atoms with Crippen molar-refractivity contribution in [2.75, 3.05) is 5.32 Å². The molecule has 17 heavy (non-hydrogen) atoms. The van der Waals surface area contributed by atoms with Gasteiger partial charge in [0, 0.05) is 21.6 Å². The molecule has 2 rings (SSSR count). The number of halogens is 4. The molecule has 0 atom stereocenters. The molecular formula is C11H7Br2ClFNS. The number of nitrogens with one attached hydrogen (secondary N) is 1. The molecule has 0 saturated carbocycles. The van der Waals surface area contributed by atoms with E-state index in [-0.39, 0.29) is 5.02 Å². The second-order valence-corrected chi connectivity index (χ2v) is 7.03. The molecule has 1 heterocycles. The molecule has 0 saturated heterocycles. The summed E-state index contributed by atoms with van der Waals surface area (Å²) in [7, 11) is 0. The summed E-state index contributed by atoms with van der Waals surface area (Å²) in [5.74, 6) is -0.412. The van der Waals surface area contributed by atoms with Gasteiger partial charge < -0.3 is 5.32 Å². The van der Waals surface area contributed by atoms with Crippen LogP contribution in [0.3, 0.4) is 0 Å². The lowest BCUT2D eigenvalue weighted by atomic mass is 10.3. The normalized spacial score (nSPS) is 10.6. The van der Waals surface area contributed by atoms with Gasteiger partial charge in [-0.05, 0) is 56.1 Å². The van der Waals surface area contributed by atoms with Crippen LogP contribution in [0.4, 0.5) is 10.1 Å². The van der Waals surface area contributed by atoms with Crippen LogP contribution in [-0.4, -0.2) is 0 Å². The smallest absolute Gasteiger partial charge is 0.143 e. The molecule has 0 aliphatic carbocycles. The zero-order valence-corrected chi connectivity index (χ0v) is 13.2. The van der Waals surface area contributed by atoms with Crippen molar-refractivity contribution in [1.82, 2.24) is 0 Å². The molecule has 90 valence electrons. The molecule has 0 bridgehead atoms. The molecular weight excluding hydrogens is 392 g/mol. The van der Waals surface area contributed by atoms with Gasteiger partial charge in [-0.1, -0.05) is 11.6 Å². The van der Waals surface area contributed by atoms with Gasteiger partial charge in [0.25, 0.3) is 0 Å². The van der Waals surface area contributed by atoms with Crippen LogP contribution in [0.25, 0.3) is 0 Å². The topological polar surface area (TPSA) is 12.0 Å². The summed E-state index contributed by atoms with van der Waals surface area (Å²) in [6.07, 6.45) is 0. The van der Waals surface area contributed by atoms with E-state index >= 15 is 0 Å². The van der Waals surface area contributed by atoms with Gasteiger partial charge in [-0.25, -0.2) is 4.39 Å². The Morgan fingerprint density at radius 3 is 2.65 bits per heavy atom. The maximum absolute atomic E-state index is 13.2. The Labute approximate surface area is 124 Å². The van der Waals surface area contributed by atoms with E-state index in [9.17, 15) is 4.39 Å². The predicted octanol–water partition coefficient (Wildman–Crippen LogP) is 5.68. The fourth-order valence-electron chi connectivity index (χ4n) is 1.27. The van der Waals surface area contributed by atoms with Crippen molar-refractivity contribution in [3.05, 3.63) is 48.2 Å². The van der Waals surface area contributed by atoms with Gasteiger partial charge in [-0.15, -0.1) is 11.3 Å². The van der Waals surface area contributed by atoms with E-state index in [4.69, 9.17) is 11.6 Å². The van der Waals surface area contributed by atoms with Gasteiger partial charge in [-0.3, -0.25) is 0 Å². The first-order chi connectivity index (χ1) is 8.06. The molecule has 0 spiro atoms. The molecule has 1 aromatic heterocycles. The highest BCUT2D eigenvalue weighted by molar-refractivity contribution is 9.13. The highest BCUT2D eigenvalue weighted by Crippen LogP contribution is 2.32. The molecule has 1 aromatic carbocycles. The van der Waals surface area contributed by atoms with Crippen molar-refractivity contribution < 1.29 is 4.39 Å². The van der Waals surface area contributed by atoms with Crippen LogP contribution >= 0.6 is 54.8 Å². The Balaban J connectivity index is 2.04. The van der Waals surface area contributed by atoms with Crippen molar-refractivity contribution in [2.24, 2.45) is 0 Å². The molecule has 0 unspecified atom stereocenters. The summed E-state index contributed by atoms with van der Waals surface area (Å²) in [4.78, 5) is 1.15. The van der Waals surface area contributed by atoms with Crippen molar-refractivity contribution in [3.8, 4) is 0 Å². The lowest BCUT2D eigenvalue weighted by Crippen LogP contribution is -1.97. The number of thiophene rings is 1. The van der Waals surface area contributed by atoms with Crippen molar-refractivity contribution in [2.45, 2.75) is 6.54 Å². The first kappa shape index (κ1) is 13.3. The van der Waals surface area contributed by atoms with E-state index < -0.39 is 5.82 Å². The molecule has 0 amide bonds. The van der Waals surface area contributed by atoms with E-state index in [0.29, 0.717) is 12.2 Å². The largest absolute Gasteiger partial charge is 0.380 e. The highest BCUT2D eigenvalue weighted by Gasteiger charge is 2.05. The van der Waals surface area contributed by atoms with Crippen molar-refractivity contribution >= 4 is 60.5 Å². The Bertz CT molecular complexity index is 525. The van der Waals surface area contributed by atoms with Crippen molar-refractivity contribution in [1.29, 1.82) is 0 Å². The summed E-state index contributed by atoms with van der Waals surface area (Å²) < 4.78 is 15.3. The number of benzene rings is 1. The molecule has 0 aliphatic heterocycles. The minimum absolute atomic E-state index is 0.136. The zero-order valence-electron chi connectivity index (χ0n) is 8.44. The van der Waals surface area contributed by atoms with Crippen LogP contribution in [0.15, 0.2) is 32.5 Å². The lowest BCUT2D eigenvalue weighted by molar-refractivity contribution is 0.628. The van der Waals surface area contributed by atoms with Crippen LogP contribution in [0.1, 0.15) is 4.88 Å². The summed E-state index contributed by atoms with van der Waals surface area (Å²) in [5.41, 5.74) is 0.715. The number of anilines is 1. The van der Waals surface area contributed by atoms with E-state index in [1.54, 1.807) is 23.5 Å². The number of hydrogen-bond acceptors (Lipinski definition) is 2. The van der Waals surface area contributed by atoms with E-state index in [1.165, 1.54) is 6.07 Å². The van der Waals surface area contributed by atoms with E-state index in [2.05, 4.69) is 37.2 Å². The molecule has 2 aromatic rings. The first-order valence-electron chi connectivity index (χ1n) is 4.69. The third-order valence-electron chi connectivity index (χ3n) is 2.08. The van der Waals surface area contributed by atoms with Crippen LogP contribution in [0.2, 0.25) is 5.02 Å². The Kier molecular flexibility index (Phi) is 4.47. The van der Waals surface area contributed by atoms with Crippen molar-refractivity contribution in [3.63, 3.8) is 0 Å². The summed E-state index contributed by atoms with van der Waals surface area (Å²) in [6, 6.07) is 6.71. The maximum Gasteiger partial charge on any atom is 0.143 e. The predicted molar refractivity (Wildman–Crippen MR) is 78.5 cm³/mol. The maximum atomic E-state index is 13.2. The molecule has 1 nitrogen and oxygen atoms in total. The standard InChI is InChI=1S/C11H7Br2ClFNS/c12-8-4-7(17-11(8)13)5-16-6-1-2-9(14)10(15)3-6/h1-4,16H,5H2. The van der Waals surface area contributed by atoms with Gasteiger partial charge in [0.1, 0.15) is 5.82 Å². The Morgan fingerprint density at radius 1 is 1.29 bits per heavy atom. The molecule has 0 aliphatic rings. The number of rotatable bonds is 3. The second-order valence-electron chi connectivity index (χ2n) is 3.32. The first-order valence-corrected chi connectivity index (χ1v) is 7.47. The van der Waals surface area contributed by atoms with Gasteiger partial charge in [0.15, 0.2) is 0 Å². The van der Waals surface area contributed by atoms with Gasteiger partial charge in [-0.2, -0.15) is 0 Å². The zero-order chi connectivity index (χ0) is 12.4. The molecule has 0 fully saturated rings. The van der Waals surface area contributed by atoms with Crippen LogP contribution in [0, 0.1) is 5.82 Å². The average Bonchev–Trinajstić information content (AvgIpc) is 2.60. The third-order valence-corrected chi connectivity index (χ3v) is 5.65. The monoisotopic (exact) mass is 397 g/mol. The van der Waals surface area contributed by atoms with Crippen LogP contribution in [-0.2, 0) is 6.54 Å². The Hall–Kier alpha value is -0.100. The Morgan fingerprint density at radius 2 is 2.06 bits per heavy atom. The summed E-state index contributed by atoms with van der Waals surface area (Å²) in [6.45, 7) is 0.649. The molecule has 0 radical (unpaired) electrons. The number of hydrogen-bond donors (Lipinski definition) is 1. The molecule has 1 N–H and O–H groups in total. The van der Waals surface area contributed by atoms with Gasteiger partial charge in [0.2, 0.25) is 0 Å². The summed E-state index contributed by atoms with van der Waals surface area (Å²) in [5, 5.41) is 3.28. The van der Waals surface area contributed by atoms with E-state index in [0.717, 1.165) is 13.1 Å².